The van der Waals surface area contributed by atoms with Crippen molar-refractivity contribution in [2.24, 2.45) is 0 Å². The van der Waals surface area contributed by atoms with E-state index in [0.29, 0.717) is 10.6 Å². The van der Waals surface area contributed by atoms with Gasteiger partial charge in [-0.15, -0.1) is 11.3 Å². The van der Waals surface area contributed by atoms with Crippen molar-refractivity contribution in [3.63, 3.8) is 0 Å². The number of aryl methyl sites for hydroxylation is 1. The van der Waals surface area contributed by atoms with Gasteiger partial charge < -0.3 is 5.11 Å². The summed E-state index contributed by atoms with van der Waals surface area (Å²) in [4.78, 5) is 0. The Labute approximate surface area is 126 Å². The van der Waals surface area contributed by atoms with E-state index in [1.54, 1.807) is 13.1 Å². The Kier molecular flexibility index (Phi) is 4.72. The Morgan fingerprint density at radius 3 is 2.58 bits per heavy atom. The summed E-state index contributed by atoms with van der Waals surface area (Å²) in [5, 5.41) is 10.00. The third-order valence-electron chi connectivity index (χ3n) is 3.63. The smallest absolute Gasteiger partial charge is 0.252 e. The van der Waals surface area contributed by atoms with Crippen molar-refractivity contribution >= 4 is 37.3 Å². The van der Waals surface area contributed by atoms with Gasteiger partial charge in [0, 0.05) is 7.05 Å². The second-order valence-electron chi connectivity index (χ2n) is 4.96. The molecule has 1 aliphatic carbocycles. The van der Waals surface area contributed by atoms with Gasteiger partial charge in [0.1, 0.15) is 4.21 Å². The molecule has 19 heavy (non-hydrogen) atoms. The number of nitrogens with zero attached hydrogens (tertiary/aromatic N) is 1. The fourth-order valence-corrected chi connectivity index (χ4v) is 6.22. The van der Waals surface area contributed by atoms with Crippen molar-refractivity contribution in [2.75, 3.05) is 7.05 Å². The molecule has 2 unspecified atom stereocenters. The van der Waals surface area contributed by atoms with Gasteiger partial charge >= 0.3 is 0 Å². The zero-order valence-electron chi connectivity index (χ0n) is 11.0. The predicted octanol–water partition coefficient (Wildman–Crippen LogP) is 2.74. The highest BCUT2D eigenvalue weighted by molar-refractivity contribution is 9.11. The lowest BCUT2D eigenvalue weighted by atomic mass is 9.93. The quantitative estimate of drug-likeness (QED) is 0.893. The van der Waals surface area contributed by atoms with Gasteiger partial charge in [-0.25, -0.2) is 8.42 Å². The summed E-state index contributed by atoms with van der Waals surface area (Å²) in [6, 6.07) is 1.37. The first-order valence-electron chi connectivity index (χ1n) is 6.26. The average molecular weight is 368 g/mol. The summed E-state index contributed by atoms with van der Waals surface area (Å²) in [5.41, 5.74) is 0.918. The van der Waals surface area contributed by atoms with E-state index in [2.05, 4.69) is 15.9 Å². The van der Waals surface area contributed by atoms with Gasteiger partial charge in [-0.3, -0.25) is 0 Å². The van der Waals surface area contributed by atoms with Crippen LogP contribution < -0.4 is 0 Å². The summed E-state index contributed by atoms with van der Waals surface area (Å²) in [6.45, 7) is 1.87. The van der Waals surface area contributed by atoms with Gasteiger partial charge in [-0.2, -0.15) is 4.31 Å². The number of hydrogen-bond donors (Lipinski definition) is 1. The monoisotopic (exact) mass is 367 g/mol. The molecule has 2 atom stereocenters. The van der Waals surface area contributed by atoms with Gasteiger partial charge in [0.15, 0.2) is 0 Å². The number of sulfonamides is 1. The molecular formula is C12H18BrNO3S2. The molecule has 1 heterocycles. The third-order valence-corrected chi connectivity index (χ3v) is 8.10. The van der Waals surface area contributed by atoms with E-state index in [1.807, 2.05) is 6.92 Å². The lowest BCUT2D eigenvalue weighted by Gasteiger charge is -2.34. The third kappa shape index (κ3) is 3.05. The van der Waals surface area contributed by atoms with Crippen LogP contribution in [0.3, 0.4) is 0 Å². The second-order valence-corrected chi connectivity index (χ2v) is 9.56. The molecule has 0 amide bonds. The highest BCUT2D eigenvalue weighted by Gasteiger charge is 2.35. The summed E-state index contributed by atoms with van der Waals surface area (Å²) < 4.78 is 27.6. The predicted molar refractivity (Wildman–Crippen MR) is 80.0 cm³/mol. The van der Waals surface area contributed by atoms with Gasteiger partial charge in [0.25, 0.3) is 10.0 Å². The number of aliphatic hydroxyl groups is 1. The number of thiophene rings is 1. The first kappa shape index (κ1) is 15.4. The van der Waals surface area contributed by atoms with Crippen molar-refractivity contribution in [1.29, 1.82) is 0 Å². The molecule has 108 valence electrons. The Balaban J connectivity index is 2.28. The van der Waals surface area contributed by atoms with Crippen LogP contribution in [0.5, 0.6) is 0 Å². The van der Waals surface area contributed by atoms with Crippen LogP contribution in [-0.2, 0) is 10.0 Å². The molecule has 0 aromatic carbocycles. The Morgan fingerprint density at radius 2 is 2.05 bits per heavy atom. The minimum absolute atomic E-state index is 0.306. The standard InChI is InChI=1S/C12H18BrNO3S2/c1-8-7-11(18-12(8)13)19(16,17)14(2)9-5-3-4-6-10(9)15/h7,9-10,15H,3-6H2,1-2H3. The van der Waals surface area contributed by atoms with Gasteiger partial charge in [0.05, 0.1) is 15.9 Å². The van der Waals surface area contributed by atoms with Crippen LogP contribution in [0.2, 0.25) is 0 Å². The van der Waals surface area contributed by atoms with Crippen LogP contribution in [0.1, 0.15) is 31.2 Å². The normalized spacial score (nSPS) is 24.9. The fraction of sp³-hybridized carbons (Fsp3) is 0.667. The largest absolute Gasteiger partial charge is 0.391 e. The van der Waals surface area contributed by atoms with E-state index < -0.39 is 16.1 Å². The van der Waals surface area contributed by atoms with E-state index in [-0.39, 0.29) is 6.04 Å². The van der Waals surface area contributed by atoms with Crippen molar-refractivity contribution in [3.05, 3.63) is 15.4 Å². The van der Waals surface area contributed by atoms with E-state index in [0.717, 1.165) is 28.6 Å². The molecule has 0 saturated heterocycles. The SMILES string of the molecule is Cc1cc(S(=O)(=O)N(C)C2CCCCC2O)sc1Br. The van der Waals surface area contributed by atoms with Gasteiger partial charge in [-0.1, -0.05) is 12.8 Å². The van der Waals surface area contributed by atoms with Gasteiger partial charge in [0.2, 0.25) is 0 Å². The Bertz CT molecular complexity index is 536. The highest BCUT2D eigenvalue weighted by atomic mass is 79.9. The van der Waals surface area contributed by atoms with Crippen LogP contribution in [0.15, 0.2) is 14.1 Å². The number of hydrogen-bond acceptors (Lipinski definition) is 4. The van der Waals surface area contributed by atoms with E-state index in [9.17, 15) is 13.5 Å². The molecule has 1 N–H and O–H groups in total. The molecule has 4 nitrogen and oxygen atoms in total. The summed E-state index contributed by atoms with van der Waals surface area (Å²) in [7, 11) is -1.94. The average Bonchev–Trinajstić information content (AvgIpc) is 2.70. The number of aliphatic hydroxyl groups excluding tert-OH is 1. The molecule has 0 aliphatic heterocycles. The lowest BCUT2D eigenvalue weighted by Crippen LogP contribution is -2.45. The van der Waals surface area contributed by atoms with Crippen LogP contribution in [0.4, 0.5) is 0 Å². The summed E-state index contributed by atoms with van der Waals surface area (Å²) in [5.74, 6) is 0. The number of likely N-dealkylation sites (N-methyl/N-ethyl adjacent to an activating group) is 1. The minimum atomic E-state index is -3.51. The van der Waals surface area contributed by atoms with Crippen molar-refractivity contribution in [2.45, 2.75) is 49.0 Å². The number of halogens is 1. The van der Waals surface area contributed by atoms with Gasteiger partial charge in [-0.05, 0) is 47.3 Å². The molecule has 1 aromatic heterocycles. The van der Waals surface area contributed by atoms with Crippen LogP contribution >= 0.6 is 27.3 Å². The topological polar surface area (TPSA) is 57.6 Å². The first-order valence-corrected chi connectivity index (χ1v) is 9.31. The van der Waals surface area contributed by atoms with Crippen LogP contribution in [-0.4, -0.2) is 37.0 Å². The van der Waals surface area contributed by atoms with Crippen molar-refractivity contribution in [3.8, 4) is 0 Å². The van der Waals surface area contributed by atoms with E-state index >= 15 is 0 Å². The van der Waals surface area contributed by atoms with Crippen molar-refractivity contribution < 1.29 is 13.5 Å². The Morgan fingerprint density at radius 1 is 1.42 bits per heavy atom. The first-order chi connectivity index (χ1) is 8.84. The minimum Gasteiger partial charge on any atom is -0.391 e. The molecule has 1 aromatic rings. The maximum Gasteiger partial charge on any atom is 0.252 e. The maximum absolute atomic E-state index is 12.5. The summed E-state index contributed by atoms with van der Waals surface area (Å²) in [6.07, 6.45) is 2.78. The molecule has 7 heteroatoms. The molecule has 0 spiro atoms. The van der Waals surface area contributed by atoms with E-state index in [4.69, 9.17) is 0 Å². The molecule has 1 saturated carbocycles. The van der Waals surface area contributed by atoms with Crippen LogP contribution in [0.25, 0.3) is 0 Å². The Hall–Kier alpha value is 0.0500. The molecule has 1 fully saturated rings. The molecule has 2 rings (SSSR count). The zero-order valence-corrected chi connectivity index (χ0v) is 14.2. The van der Waals surface area contributed by atoms with Crippen LogP contribution in [0, 0.1) is 6.92 Å². The molecular weight excluding hydrogens is 350 g/mol. The lowest BCUT2D eigenvalue weighted by molar-refractivity contribution is 0.0638. The second kappa shape index (κ2) is 5.81. The molecule has 0 radical (unpaired) electrons. The van der Waals surface area contributed by atoms with E-state index in [1.165, 1.54) is 15.6 Å². The maximum atomic E-state index is 12.5. The highest BCUT2D eigenvalue weighted by Crippen LogP contribution is 2.34. The zero-order chi connectivity index (χ0) is 14.2. The number of rotatable bonds is 3. The molecule has 0 bridgehead atoms. The van der Waals surface area contributed by atoms with Crippen molar-refractivity contribution in [1.82, 2.24) is 4.31 Å². The molecule has 1 aliphatic rings. The fourth-order valence-electron chi connectivity index (χ4n) is 2.39. The summed E-state index contributed by atoms with van der Waals surface area (Å²) >= 11 is 4.57.